The van der Waals surface area contributed by atoms with Gasteiger partial charge in [0.1, 0.15) is 29.2 Å². The van der Waals surface area contributed by atoms with Crippen LogP contribution in [0.4, 0.5) is 4.79 Å². The van der Waals surface area contributed by atoms with E-state index in [0.29, 0.717) is 18.8 Å². The van der Waals surface area contributed by atoms with E-state index >= 15 is 0 Å². The summed E-state index contributed by atoms with van der Waals surface area (Å²) < 4.78 is 13.1. The zero-order valence-electron chi connectivity index (χ0n) is 21.5. The molecule has 4 heterocycles. The Balaban J connectivity index is 1.26. The fraction of sp³-hybridized carbons (Fsp3) is 0.480. The van der Waals surface area contributed by atoms with E-state index in [9.17, 15) is 24.0 Å². The number of amides is 5. The lowest BCUT2D eigenvalue weighted by atomic mass is 10.0. The highest BCUT2D eigenvalue weighted by atomic mass is 16.6. The van der Waals surface area contributed by atoms with Gasteiger partial charge in [-0.2, -0.15) is 0 Å². The summed E-state index contributed by atoms with van der Waals surface area (Å²) in [5.74, 6) is -2.19. The van der Waals surface area contributed by atoms with Gasteiger partial charge in [0.15, 0.2) is 0 Å². The molecule has 3 aliphatic rings. The molecule has 1 aromatic carbocycles. The molecule has 3 aliphatic heterocycles. The Morgan fingerprint density at radius 1 is 1.13 bits per heavy atom. The van der Waals surface area contributed by atoms with Gasteiger partial charge >= 0.3 is 6.09 Å². The van der Waals surface area contributed by atoms with Gasteiger partial charge in [-0.25, -0.2) is 9.48 Å². The molecule has 5 amide bonds. The number of benzene rings is 1. The maximum absolute atomic E-state index is 13.3. The summed E-state index contributed by atoms with van der Waals surface area (Å²) in [7, 11) is 0. The largest absolute Gasteiger partial charge is 0.483 e. The average molecular weight is 525 g/mol. The van der Waals surface area contributed by atoms with Gasteiger partial charge in [0.05, 0.1) is 23.4 Å². The Bertz CT molecular complexity index is 1340. The van der Waals surface area contributed by atoms with Crippen molar-refractivity contribution < 1.29 is 33.4 Å². The van der Waals surface area contributed by atoms with Crippen LogP contribution in [0.1, 0.15) is 79.1 Å². The Hall–Kier alpha value is -4.29. The Kier molecular flexibility index (Phi) is 6.16. The summed E-state index contributed by atoms with van der Waals surface area (Å²) in [5, 5.41) is 10.5. The van der Waals surface area contributed by atoms with Crippen LogP contribution in [0.5, 0.6) is 5.75 Å². The number of fused-ring (bicyclic) bond motifs is 1. The first kappa shape index (κ1) is 25.4. The molecular formula is C25H28N6O7. The van der Waals surface area contributed by atoms with Gasteiger partial charge in [-0.1, -0.05) is 11.3 Å². The van der Waals surface area contributed by atoms with E-state index in [1.165, 1.54) is 6.07 Å². The predicted molar refractivity (Wildman–Crippen MR) is 129 cm³/mol. The minimum absolute atomic E-state index is 0.0381. The van der Waals surface area contributed by atoms with Crippen LogP contribution >= 0.6 is 0 Å². The van der Waals surface area contributed by atoms with Crippen LogP contribution < -0.4 is 10.1 Å². The number of piperidine rings is 1. The van der Waals surface area contributed by atoms with Crippen LogP contribution in [0.2, 0.25) is 0 Å². The Morgan fingerprint density at radius 2 is 1.87 bits per heavy atom. The van der Waals surface area contributed by atoms with Crippen molar-refractivity contribution in [3.05, 3.63) is 41.2 Å². The summed E-state index contributed by atoms with van der Waals surface area (Å²) in [6.45, 7) is 8.04. The molecule has 0 radical (unpaired) electrons. The van der Waals surface area contributed by atoms with Crippen molar-refractivity contribution >= 4 is 29.7 Å². The number of ether oxygens (including phenoxy) is 2. The van der Waals surface area contributed by atoms with Crippen molar-refractivity contribution in [1.82, 2.24) is 30.1 Å². The van der Waals surface area contributed by atoms with Crippen LogP contribution in [0, 0.1) is 0 Å². The van der Waals surface area contributed by atoms with Crippen LogP contribution in [0.25, 0.3) is 0 Å². The monoisotopic (exact) mass is 524 g/mol. The second-order valence-corrected chi connectivity index (χ2v) is 10.5. The number of rotatable bonds is 5. The summed E-state index contributed by atoms with van der Waals surface area (Å²) in [6.07, 6.45) is 0.821. The highest BCUT2D eigenvalue weighted by Crippen LogP contribution is 2.35. The second kappa shape index (κ2) is 9.23. The zero-order chi connectivity index (χ0) is 27.4. The second-order valence-electron chi connectivity index (χ2n) is 10.5. The van der Waals surface area contributed by atoms with E-state index in [4.69, 9.17) is 9.47 Å². The topological polar surface area (TPSA) is 153 Å². The minimum atomic E-state index is -1.06. The van der Waals surface area contributed by atoms with Crippen molar-refractivity contribution in [2.75, 3.05) is 13.1 Å². The number of nitrogens with one attached hydrogen (secondary N) is 1. The molecule has 13 nitrogen and oxygen atoms in total. The van der Waals surface area contributed by atoms with E-state index in [1.54, 1.807) is 34.8 Å². The molecule has 2 atom stereocenters. The maximum Gasteiger partial charge on any atom is 0.410 e. The molecule has 1 aromatic heterocycles. The Labute approximate surface area is 218 Å². The summed E-state index contributed by atoms with van der Waals surface area (Å²) in [4.78, 5) is 64.8. The van der Waals surface area contributed by atoms with Crippen molar-refractivity contribution in [1.29, 1.82) is 0 Å². The van der Waals surface area contributed by atoms with E-state index in [2.05, 4.69) is 15.6 Å². The number of nitrogens with zero attached hydrogens (tertiary/aromatic N) is 5. The molecule has 0 aliphatic carbocycles. The van der Waals surface area contributed by atoms with Crippen molar-refractivity contribution in [3.8, 4) is 5.75 Å². The molecule has 38 heavy (non-hydrogen) atoms. The molecule has 2 aromatic rings. The Morgan fingerprint density at radius 3 is 2.55 bits per heavy atom. The van der Waals surface area contributed by atoms with Crippen molar-refractivity contribution in [2.24, 2.45) is 0 Å². The maximum atomic E-state index is 13.3. The van der Waals surface area contributed by atoms with Crippen LogP contribution in [-0.4, -0.2) is 79.2 Å². The van der Waals surface area contributed by atoms with E-state index < -0.39 is 41.4 Å². The third kappa shape index (κ3) is 4.59. The van der Waals surface area contributed by atoms with Gasteiger partial charge in [0.25, 0.3) is 11.8 Å². The molecule has 0 bridgehead atoms. The molecule has 200 valence electrons. The molecule has 2 fully saturated rings. The molecule has 0 spiro atoms. The zero-order valence-corrected chi connectivity index (χ0v) is 21.5. The minimum Gasteiger partial charge on any atom is -0.483 e. The average Bonchev–Trinajstić information content (AvgIpc) is 3.36. The number of imide groups is 2. The SMILES string of the molecule is CC(Oc1cccc2c1C(=O)N(C1CCC(=O)NC1=O)C2=O)c1cn(C2CN(C(=O)OC(C)(C)C)C2)nn1. The first-order valence-electron chi connectivity index (χ1n) is 12.3. The van der Waals surface area contributed by atoms with Gasteiger partial charge in [0, 0.05) is 19.5 Å². The van der Waals surface area contributed by atoms with Crippen LogP contribution in [0.3, 0.4) is 0 Å². The van der Waals surface area contributed by atoms with Gasteiger partial charge in [-0.05, 0) is 46.2 Å². The first-order chi connectivity index (χ1) is 17.9. The molecule has 1 N–H and O–H groups in total. The molecule has 2 saturated heterocycles. The lowest BCUT2D eigenvalue weighted by molar-refractivity contribution is -0.136. The fourth-order valence-corrected chi connectivity index (χ4v) is 4.59. The smallest absolute Gasteiger partial charge is 0.410 e. The molecule has 13 heteroatoms. The normalized spacial score (nSPS) is 20.7. The standard InChI is InChI=1S/C25H28N6O7/c1-13(16-12-30(28-27-16)14-10-29(11-14)24(36)38-25(2,3)4)37-18-7-5-6-15-20(18)23(35)31(22(15)34)17-8-9-19(32)26-21(17)33/h5-7,12-14,17H,8-11H2,1-4H3,(H,26,32,33). The highest BCUT2D eigenvalue weighted by Gasteiger charge is 2.46. The predicted octanol–water partition coefficient (Wildman–Crippen LogP) is 1.61. The van der Waals surface area contributed by atoms with Gasteiger partial charge < -0.3 is 14.4 Å². The van der Waals surface area contributed by atoms with E-state index in [0.717, 1.165) is 4.90 Å². The van der Waals surface area contributed by atoms with Gasteiger partial charge in [0.2, 0.25) is 11.8 Å². The van der Waals surface area contributed by atoms with Gasteiger partial charge in [-0.15, -0.1) is 5.10 Å². The van der Waals surface area contributed by atoms with Crippen molar-refractivity contribution in [3.63, 3.8) is 0 Å². The first-order valence-corrected chi connectivity index (χ1v) is 12.3. The lowest BCUT2D eigenvalue weighted by Gasteiger charge is -2.39. The van der Waals surface area contributed by atoms with E-state index in [1.807, 2.05) is 20.8 Å². The van der Waals surface area contributed by atoms with E-state index in [-0.39, 0.29) is 41.9 Å². The summed E-state index contributed by atoms with van der Waals surface area (Å²) in [5.41, 5.74) is 0.119. The van der Waals surface area contributed by atoms with Crippen molar-refractivity contribution in [2.45, 2.75) is 64.3 Å². The highest BCUT2D eigenvalue weighted by molar-refractivity contribution is 6.24. The summed E-state index contributed by atoms with van der Waals surface area (Å²) >= 11 is 0. The number of carbonyl (C=O) groups excluding carboxylic acids is 5. The van der Waals surface area contributed by atoms with Crippen LogP contribution in [-0.2, 0) is 14.3 Å². The number of aromatic nitrogens is 3. The molecule has 0 saturated carbocycles. The number of hydrogen-bond acceptors (Lipinski definition) is 9. The number of hydrogen-bond donors (Lipinski definition) is 1. The number of carbonyl (C=O) groups is 5. The molecule has 5 rings (SSSR count). The van der Waals surface area contributed by atoms with Crippen LogP contribution in [0.15, 0.2) is 24.4 Å². The molecular weight excluding hydrogens is 496 g/mol. The molecule has 2 unspecified atom stereocenters. The third-order valence-electron chi connectivity index (χ3n) is 6.57. The van der Waals surface area contributed by atoms with Gasteiger partial charge in [-0.3, -0.25) is 29.4 Å². The lowest BCUT2D eigenvalue weighted by Crippen LogP contribution is -2.54. The quantitative estimate of drug-likeness (QED) is 0.575. The fourth-order valence-electron chi connectivity index (χ4n) is 4.59. The number of likely N-dealkylation sites (tertiary alicyclic amines) is 1. The third-order valence-corrected chi connectivity index (χ3v) is 6.57. The summed E-state index contributed by atoms with van der Waals surface area (Å²) in [6, 6.07) is 3.55.